The Morgan fingerprint density at radius 2 is 1.46 bits per heavy atom. The standard InChI is InChI=1S/C16H25AsN2O5/c1-3-5-7-15(20)18-13-10-9-12(17(22,23)24)11-14(13)19-16(21)8-6-4-2/h9-11H,3-8H2,1-2H3,(H,18,20)(H,19,21)(H2,22,23,24). The van der Waals surface area contributed by atoms with Crippen LogP contribution in [0.2, 0.25) is 0 Å². The quantitative estimate of drug-likeness (QED) is 0.469. The maximum atomic E-state index is 11.9. The molecule has 0 saturated carbocycles. The molecule has 0 radical (unpaired) electrons. The van der Waals surface area contributed by atoms with Gasteiger partial charge in [0.2, 0.25) is 0 Å². The molecule has 0 bridgehead atoms. The van der Waals surface area contributed by atoms with Crippen LogP contribution in [0, 0.1) is 0 Å². The molecule has 0 aliphatic rings. The summed E-state index contributed by atoms with van der Waals surface area (Å²) in [6.07, 6.45) is 3.86. The molecule has 0 aliphatic heterocycles. The fraction of sp³-hybridized carbons (Fsp3) is 0.500. The van der Waals surface area contributed by atoms with Gasteiger partial charge in [0.15, 0.2) is 0 Å². The van der Waals surface area contributed by atoms with Gasteiger partial charge in [-0.25, -0.2) is 0 Å². The number of hydrogen-bond acceptors (Lipinski definition) is 3. The van der Waals surface area contributed by atoms with E-state index in [0.29, 0.717) is 24.9 Å². The number of unbranched alkanes of at least 4 members (excludes halogenated alkanes) is 2. The van der Waals surface area contributed by atoms with Gasteiger partial charge in [-0.1, -0.05) is 0 Å². The van der Waals surface area contributed by atoms with Gasteiger partial charge in [0, 0.05) is 0 Å². The molecular weight excluding hydrogens is 375 g/mol. The number of anilines is 2. The van der Waals surface area contributed by atoms with Crippen LogP contribution in [0.4, 0.5) is 11.4 Å². The van der Waals surface area contributed by atoms with Crippen LogP contribution in [0.5, 0.6) is 0 Å². The molecule has 8 heteroatoms. The molecule has 2 amide bonds. The van der Waals surface area contributed by atoms with Crippen LogP contribution < -0.4 is 15.0 Å². The average Bonchev–Trinajstić information content (AvgIpc) is 2.51. The molecule has 4 N–H and O–H groups in total. The Balaban J connectivity index is 3.01. The summed E-state index contributed by atoms with van der Waals surface area (Å²) in [6, 6.07) is 3.92. The van der Waals surface area contributed by atoms with Crippen molar-refractivity contribution in [3.8, 4) is 0 Å². The molecule has 0 fully saturated rings. The van der Waals surface area contributed by atoms with E-state index in [2.05, 4.69) is 10.6 Å². The van der Waals surface area contributed by atoms with Crippen LogP contribution in [0.3, 0.4) is 0 Å². The summed E-state index contributed by atoms with van der Waals surface area (Å²) in [5.74, 6) is -0.453. The van der Waals surface area contributed by atoms with Crippen molar-refractivity contribution in [2.75, 3.05) is 10.6 Å². The van der Waals surface area contributed by atoms with Crippen molar-refractivity contribution in [3.05, 3.63) is 18.2 Å². The molecule has 134 valence electrons. The first-order chi connectivity index (χ1) is 11.3. The van der Waals surface area contributed by atoms with E-state index in [1.54, 1.807) is 0 Å². The fourth-order valence-electron chi connectivity index (χ4n) is 2.03. The third-order valence-electron chi connectivity index (χ3n) is 3.40. The second-order valence-electron chi connectivity index (χ2n) is 5.58. The van der Waals surface area contributed by atoms with Gasteiger partial charge in [0.1, 0.15) is 0 Å². The van der Waals surface area contributed by atoms with Crippen molar-refractivity contribution in [1.82, 2.24) is 0 Å². The van der Waals surface area contributed by atoms with Gasteiger partial charge in [0.05, 0.1) is 0 Å². The van der Waals surface area contributed by atoms with Gasteiger partial charge in [-0.05, 0) is 0 Å². The van der Waals surface area contributed by atoms with E-state index in [9.17, 15) is 21.5 Å². The number of amides is 2. The van der Waals surface area contributed by atoms with Gasteiger partial charge in [-0.3, -0.25) is 0 Å². The molecule has 0 heterocycles. The van der Waals surface area contributed by atoms with E-state index < -0.39 is 14.2 Å². The molecule has 0 aromatic heterocycles. The molecule has 1 aromatic rings. The van der Waals surface area contributed by atoms with Gasteiger partial charge < -0.3 is 0 Å². The van der Waals surface area contributed by atoms with Crippen molar-refractivity contribution in [2.24, 2.45) is 0 Å². The third-order valence-corrected chi connectivity index (χ3v) is 5.40. The first kappa shape index (κ1) is 20.5. The van der Waals surface area contributed by atoms with Crippen molar-refractivity contribution in [1.29, 1.82) is 0 Å². The summed E-state index contributed by atoms with van der Waals surface area (Å²) >= 11 is -5.09. The summed E-state index contributed by atoms with van der Waals surface area (Å²) in [5, 5.41) is 5.32. The molecule has 1 rings (SSSR count). The van der Waals surface area contributed by atoms with Crippen LogP contribution in [0.15, 0.2) is 18.2 Å². The minimum atomic E-state index is -5.09. The van der Waals surface area contributed by atoms with Gasteiger partial charge in [-0.2, -0.15) is 0 Å². The van der Waals surface area contributed by atoms with Crippen molar-refractivity contribution in [3.63, 3.8) is 0 Å². The molecule has 0 atom stereocenters. The zero-order chi connectivity index (χ0) is 18.2. The van der Waals surface area contributed by atoms with Crippen molar-refractivity contribution < 1.29 is 21.5 Å². The van der Waals surface area contributed by atoms with Gasteiger partial charge >= 0.3 is 144 Å². The summed E-state index contributed by atoms with van der Waals surface area (Å²) in [5.41, 5.74) is 0.553. The van der Waals surface area contributed by atoms with Crippen LogP contribution in [-0.2, 0) is 13.3 Å². The second kappa shape index (κ2) is 9.67. The van der Waals surface area contributed by atoms with Gasteiger partial charge in [-0.15, -0.1) is 0 Å². The third kappa shape index (κ3) is 6.91. The zero-order valence-electron chi connectivity index (χ0n) is 14.0. The van der Waals surface area contributed by atoms with E-state index in [1.165, 1.54) is 18.2 Å². The number of hydrogen-bond donors (Lipinski definition) is 4. The molecule has 0 unspecified atom stereocenters. The first-order valence-corrected chi connectivity index (χ1v) is 11.5. The van der Waals surface area contributed by atoms with Crippen LogP contribution in [0.1, 0.15) is 52.4 Å². The maximum absolute atomic E-state index is 11.9. The van der Waals surface area contributed by atoms with E-state index in [-0.39, 0.29) is 21.9 Å². The van der Waals surface area contributed by atoms with E-state index in [4.69, 9.17) is 0 Å². The second-order valence-corrected chi connectivity index (χ2v) is 8.94. The van der Waals surface area contributed by atoms with Crippen LogP contribution in [0.25, 0.3) is 0 Å². The molecule has 1 aromatic carbocycles. The summed E-state index contributed by atoms with van der Waals surface area (Å²) in [6.45, 7) is 3.94. The van der Waals surface area contributed by atoms with E-state index >= 15 is 0 Å². The first-order valence-electron chi connectivity index (χ1n) is 8.07. The zero-order valence-corrected chi connectivity index (χ0v) is 15.9. The Bertz CT molecular complexity index is 627. The Hall–Kier alpha value is -1.56. The minimum absolute atomic E-state index is 0.148. The van der Waals surface area contributed by atoms with E-state index in [0.717, 1.165) is 19.3 Å². The summed E-state index contributed by atoms with van der Waals surface area (Å²) in [4.78, 5) is 23.8. The topological polar surface area (TPSA) is 116 Å². The Labute approximate surface area is 144 Å². The molecule has 0 spiro atoms. The normalized spacial score (nSPS) is 11.2. The monoisotopic (exact) mass is 400 g/mol. The number of rotatable bonds is 9. The molecule has 0 aliphatic carbocycles. The van der Waals surface area contributed by atoms with Crippen LogP contribution >= 0.6 is 0 Å². The van der Waals surface area contributed by atoms with Crippen LogP contribution in [-0.4, -0.2) is 34.2 Å². The summed E-state index contributed by atoms with van der Waals surface area (Å²) in [7, 11) is 0. The number of carbonyl (C=O) groups is 2. The van der Waals surface area contributed by atoms with E-state index in [1.807, 2.05) is 13.8 Å². The molecule has 0 saturated heterocycles. The number of nitrogens with one attached hydrogen (secondary N) is 2. The molecule has 24 heavy (non-hydrogen) atoms. The molecule has 7 nitrogen and oxygen atoms in total. The average molecular weight is 400 g/mol. The Morgan fingerprint density at radius 3 is 1.92 bits per heavy atom. The van der Waals surface area contributed by atoms with Crippen molar-refractivity contribution >= 4 is 41.7 Å². The predicted octanol–water partition coefficient (Wildman–Crippen LogP) is 1.50. The molecular formula is C16H25AsN2O5. The predicted molar refractivity (Wildman–Crippen MR) is 93.3 cm³/mol. The Kier molecular flexibility index (Phi) is 8.25. The van der Waals surface area contributed by atoms with Gasteiger partial charge in [0.25, 0.3) is 0 Å². The fourth-order valence-corrected chi connectivity index (χ4v) is 3.21. The van der Waals surface area contributed by atoms with Crippen molar-refractivity contribution in [2.45, 2.75) is 52.4 Å². The SMILES string of the molecule is CCCCC(=O)Nc1ccc([As](=O)(O)O)cc1NC(=O)CCCC. The Morgan fingerprint density at radius 1 is 0.958 bits per heavy atom. The summed E-state index contributed by atoms with van der Waals surface area (Å²) < 4.78 is 30.0. The number of carbonyl (C=O) groups excluding carboxylic acids is 2. The number of benzene rings is 1.